The number of hydrogen-bond donors (Lipinski definition) is 4. The molecule has 1 amide bonds. The third-order valence-corrected chi connectivity index (χ3v) is 4.78. The van der Waals surface area contributed by atoms with Gasteiger partial charge in [-0.25, -0.2) is 4.79 Å². The molecule has 0 aliphatic carbocycles. The lowest BCUT2D eigenvalue weighted by atomic mass is 10.0. The maximum Gasteiger partial charge on any atom is 0.353 e. The third-order valence-electron chi connectivity index (χ3n) is 4.78. The van der Waals surface area contributed by atoms with Gasteiger partial charge in [-0.3, -0.25) is 4.79 Å². The molecule has 2 aromatic rings. The van der Waals surface area contributed by atoms with Crippen LogP contribution in [0.4, 0.5) is 0 Å². The lowest BCUT2D eigenvalue weighted by Gasteiger charge is -2.34. The number of ether oxygens (including phenoxy) is 2. The number of carboxylic acids is 1. The van der Waals surface area contributed by atoms with Gasteiger partial charge in [-0.05, 0) is 28.8 Å². The molecule has 9 nitrogen and oxygen atoms in total. The molecule has 2 aromatic carbocycles. The Morgan fingerprint density at radius 3 is 2.76 bits per heavy atom. The molecule has 0 radical (unpaired) electrons. The van der Waals surface area contributed by atoms with Gasteiger partial charge < -0.3 is 36.3 Å². The highest BCUT2D eigenvalue weighted by Gasteiger charge is 2.34. The largest absolute Gasteiger partial charge is 0.477 e. The van der Waals surface area contributed by atoms with Gasteiger partial charge in [-0.1, -0.05) is 30.3 Å². The fraction of sp³-hybridized carbons (Fsp3) is 0.200. The predicted molar refractivity (Wildman–Crippen MR) is 102 cm³/mol. The van der Waals surface area contributed by atoms with E-state index in [4.69, 9.17) is 20.9 Å². The quantitative estimate of drug-likeness (QED) is 0.547. The van der Waals surface area contributed by atoms with Crippen LogP contribution in [0, 0.1) is 0 Å². The van der Waals surface area contributed by atoms with E-state index in [1.807, 2.05) is 24.3 Å². The van der Waals surface area contributed by atoms with Crippen LogP contribution in [0.5, 0.6) is 11.5 Å². The summed E-state index contributed by atoms with van der Waals surface area (Å²) >= 11 is 0. The van der Waals surface area contributed by atoms with Crippen molar-refractivity contribution in [3.8, 4) is 11.5 Å². The molecule has 1 atom stereocenters. The van der Waals surface area contributed by atoms with E-state index in [0.717, 1.165) is 11.1 Å². The second-order valence-corrected chi connectivity index (χ2v) is 6.80. The normalized spacial score (nSPS) is 17.9. The Balaban J connectivity index is 1.71. The van der Waals surface area contributed by atoms with Crippen LogP contribution < -0.4 is 26.3 Å². The summed E-state index contributed by atoms with van der Waals surface area (Å²) in [6.45, 7) is 0.401. The van der Waals surface area contributed by atoms with Crippen LogP contribution in [0.2, 0.25) is 0 Å². The maximum atomic E-state index is 12.8. The van der Waals surface area contributed by atoms with Crippen LogP contribution in [-0.4, -0.2) is 28.7 Å². The van der Waals surface area contributed by atoms with Crippen molar-refractivity contribution in [3.63, 3.8) is 0 Å². The summed E-state index contributed by atoms with van der Waals surface area (Å²) in [5.41, 5.74) is 13.5. The minimum Gasteiger partial charge on any atom is -0.477 e. The van der Waals surface area contributed by atoms with Gasteiger partial charge in [0.15, 0.2) is 11.5 Å². The van der Waals surface area contributed by atoms with Crippen molar-refractivity contribution in [2.45, 2.75) is 18.8 Å². The first-order chi connectivity index (χ1) is 13.9. The standard InChI is InChI=1S/C20H20N4O5/c21-18(22)13-3-1-2-11(6-13)8-24-9-14(20(26)27)23-19(25)17(24)12-4-5-15-16(7-12)29-10-28-15/h1-7,9,17-18H,8,10,21-22H2,(H,23,25)(H,26,27). The van der Waals surface area contributed by atoms with E-state index in [1.54, 1.807) is 23.1 Å². The highest BCUT2D eigenvalue weighted by atomic mass is 16.7. The van der Waals surface area contributed by atoms with E-state index in [1.165, 1.54) is 6.20 Å². The Morgan fingerprint density at radius 2 is 2.00 bits per heavy atom. The Labute approximate surface area is 166 Å². The summed E-state index contributed by atoms with van der Waals surface area (Å²) in [7, 11) is 0. The maximum absolute atomic E-state index is 12.8. The molecule has 0 fully saturated rings. The first kappa shape index (κ1) is 18.8. The number of amides is 1. The molecule has 0 saturated carbocycles. The number of fused-ring (bicyclic) bond motifs is 1. The zero-order valence-corrected chi connectivity index (χ0v) is 15.4. The summed E-state index contributed by atoms with van der Waals surface area (Å²) in [6, 6.07) is 11.8. The fourth-order valence-corrected chi connectivity index (χ4v) is 3.41. The average molecular weight is 396 g/mol. The summed E-state index contributed by atoms with van der Waals surface area (Å²) in [5, 5.41) is 11.8. The Hall–Kier alpha value is -3.56. The Kier molecular flexibility index (Phi) is 4.83. The molecule has 0 saturated heterocycles. The van der Waals surface area contributed by atoms with Gasteiger partial charge >= 0.3 is 5.97 Å². The van der Waals surface area contributed by atoms with Crippen molar-refractivity contribution < 1.29 is 24.2 Å². The molecule has 9 heteroatoms. The van der Waals surface area contributed by atoms with Crippen LogP contribution in [0.15, 0.2) is 54.4 Å². The number of aliphatic carboxylic acids is 1. The van der Waals surface area contributed by atoms with E-state index in [0.29, 0.717) is 17.1 Å². The second-order valence-electron chi connectivity index (χ2n) is 6.80. The fourth-order valence-electron chi connectivity index (χ4n) is 3.41. The van der Waals surface area contributed by atoms with E-state index >= 15 is 0 Å². The molecule has 2 aliphatic heterocycles. The minimum absolute atomic E-state index is 0.120. The van der Waals surface area contributed by atoms with E-state index in [-0.39, 0.29) is 19.0 Å². The van der Waals surface area contributed by atoms with Crippen LogP contribution in [-0.2, 0) is 16.1 Å². The molecule has 0 aromatic heterocycles. The van der Waals surface area contributed by atoms with E-state index in [2.05, 4.69) is 5.32 Å². The number of nitrogens with one attached hydrogen (secondary N) is 1. The highest BCUT2D eigenvalue weighted by molar-refractivity contribution is 5.96. The SMILES string of the molecule is NC(N)c1cccc(CN2C=C(C(=O)O)NC(=O)C2c2ccc3c(c2)OCO3)c1. The molecular weight excluding hydrogens is 376 g/mol. The van der Waals surface area contributed by atoms with Gasteiger partial charge in [0.1, 0.15) is 11.7 Å². The van der Waals surface area contributed by atoms with Gasteiger partial charge in [0.2, 0.25) is 6.79 Å². The molecule has 2 aliphatic rings. The van der Waals surface area contributed by atoms with Gasteiger partial charge in [0.05, 0.1) is 6.17 Å². The summed E-state index contributed by atoms with van der Waals surface area (Å²) in [6.07, 6.45) is 0.794. The van der Waals surface area contributed by atoms with Crippen LogP contribution >= 0.6 is 0 Å². The number of nitrogens with zero attached hydrogens (tertiary/aromatic N) is 1. The van der Waals surface area contributed by atoms with Crippen molar-refractivity contribution in [2.24, 2.45) is 11.5 Å². The molecule has 4 rings (SSSR count). The molecule has 0 bridgehead atoms. The highest BCUT2D eigenvalue weighted by Crippen LogP contribution is 2.37. The number of carbonyl (C=O) groups is 2. The number of benzene rings is 2. The molecule has 1 unspecified atom stereocenters. The topological polar surface area (TPSA) is 140 Å². The Morgan fingerprint density at radius 1 is 1.21 bits per heavy atom. The van der Waals surface area contributed by atoms with Gasteiger partial charge in [0.25, 0.3) is 5.91 Å². The monoisotopic (exact) mass is 396 g/mol. The van der Waals surface area contributed by atoms with Crippen LogP contribution in [0.1, 0.15) is 28.9 Å². The summed E-state index contributed by atoms with van der Waals surface area (Å²) < 4.78 is 10.7. The van der Waals surface area contributed by atoms with E-state index < -0.39 is 24.1 Å². The minimum atomic E-state index is -1.22. The first-order valence-corrected chi connectivity index (χ1v) is 8.93. The van der Waals surface area contributed by atoms with Crippen molar-refractivity contribution in [1.29, 1.82) is 0 Å². The van der Waals surface area contributed by atoms with Crippen molar-refractivity contribution in [3.05, 3.63) is 71.1 Å². The molecule has 2 heterocycles. The van der Waals surface area contributed by atoms with E-state index in [9.17, 15) is 14.7 Å². The molecular formula is C20H20N4O5. The average Bonchev–Trinajstić information content (AvgIpc) is 3.15. The molecule has 0 spiro atoms. The summed E-state index contributed by atoms with van der Waals surface area (Å²) in [4.78, 5) is 25.9. The lowest BCUT2D eigenvalue weighted by molar-refractivity contribution is -0.136. The van der Waals surface area contributed by atoms with Gasteiger partial charge in [-0.2, -0.15) is 0 Å². The van der Waals surface area contributed by atoms with Gasteiger partial charge in [-0.15, -0.1) is 0 Å². The zero-order valence-electron chi connectivity index (χ0n) is 15.4. The number of rotatable bonds is 5. The smallest absolute Gasteiger partial charge is 0.353 e. The van der Waals surface area contributed by atoms with Crippen molar-refractivity contribution in [1.82, 2.24) is 10.2 Å². The molecule has 150 valence electrons. The zero-order chi connectivity index (χ0) is 20.5. The van der Waals surface area contributed by atoms with Gasteiger partial charge in [0, 0.05) is 12.7 Å². The number of nitrogens with two attached hydrogens (primary N) is 2. The molecule has 6 N–H and O–H groups in total. The number of hydrogen-bond acceptors (Lipinski definition) is 7. The van der Waals surface area contributed by atoms with Crippen molar-refractivity contribution >= 4 is 11.9 Å². The van der Waals surface area contributed by atoms with Crippen LogP contribution in [0.3, 0.4) is 0 Å². The number of carboxylic acid groups (broad SMARTS) is 1. The second kappa shape index (κ2) is 7.46. The third kappa shape index (κ3) is 3.73. The Bertz CT molecular complexity index is 1000. The van der Waals surface area contributed by atoms with Crippen molar-refractivity contribution in [2.75, 3.05) is 6.79 Å². The molecule has 29 heavy (non-hydrogen) atoms. The summed E-state index contributed by atoms with van der Waals surface area (Å²) in [5.74, 6) is -0.525. The predicted octanol–water partition coefficient (Wildman–Crippen LogP) is 0.930. The van der Waals surface area contributed by atoms with Crippen LogP contribution in [0.25, 0.3) is 0 Å². The number of carbonyl (C=O) groups excluding carboxylic acids is 1. The lowest BCUT2D eigenvalue weighted by Crippen LogP contribution is -2.44. The first-order valence-electron chi connectivity index (χ1n) is 8.93.